The lowest BCUT2D eigenvalue weighted by Crippen LogP contribution is -2.46. The number of Topliss-reactive ketones (excluding diaryl/α,β-unsaturated/α-hetero) is 1. The minimum Gasteiger partial charge on any atom is -0.384 e. The van der Waals surface area contributed by atoms with E-state index in [-0.39, 0.29) is 24.0 Å². The Hall–Kier alpha value is -2.71. The van der Waals surface area contributed by atoms with Crippen molar-refractivity contribution in [3.05, 3.63) is 57.5 Å². The number of rotatable bonds is 6. The highest BCUT2D eigenvalue weighted by Crippen LogP contribution is 2.66. The number of hydrogen-bond donors (Lipinski definition) is 1. The molecule has 2 saturated carbocycles. The van der Waals surface area contributed by atoms with Crippen LogP contribution in [0.4, 0.5) is 5.69 Å². The summed E-state index contributed by atoms with van der Waals surface area (Å²) < 4.78 is 0. The van der Waals surface area contributed by atoms with Crippen molar-refractivity contribution in [1.29, 1.82) is 0 Å². The molecular formula is C35H44N2O3. The van der Waals surface area contributed by atoms with Gasteiger partial charge in [0.2, 0.25) is 0 Å². The Morgan fingerprint density at radius 2 is 1.90 bits per heavy atom. The first-order valence-electron chi connectivity index (χ1n) is 15.7. The van der Waals surface area contributed by atoms with E-state index in [1.54, 1.807) is 5.57 Å². The average molecular weight is 541 g/mol. The lowest BCUT2D eigenvalue weighted by atomic mass is 9.50. The number of aliphatic hydroxyl groups excluding tert-OH is 1. The van der Waals surface area contributed by atoms with Gasteiger partial charge in [0.1, 0.15) is 18.4 Å². The predicted octanol–water partition coefficient (Wildman–Crippen LogP) is 6.96. The summed E-state index contributed by atoms with van der Waals surface area (Å²) in [5, 5.41) is 12.4. The van der Waals surface area contributed by atoms with Crippen LogP contribution in [0, 0.1) is 45.8 Å². The molecule has 3 fully saturated rings. The van der Waals surface area contributed by atoms with Crippen LogP contribution >= 0.6 is 0 Å². The van der Waals surface area contributed by atoms with Crippen LogP contribution in [0.15, 0.2) is 52.2 Å². The maximum Gasteiger partial charge on any atom is 0.137 e. The highest BCUT2D eigenvalue weighted by Gasteiger charge is 2.58. The third-order valence-electron chi connectivity index (χ3n) is 11.2. The maximum absolute atomic E-state index is 13.6. The predicted molar refractivity (Wildman–Crippen MR) is 160 cm³/mol. The zero-order chi connectivity index (χ0) is 27.9. The number of carbonyl (C=O) groups excluding carboxylic acids is 1. The molecule has 6 rings (SSSR count). The van der Waals surface area contributed by atoms with Crippen molar-refractivity contribution in [2.75, 3.05) is 24.6 Å². The monoisotopic (exact) mass is 540 g/mol. The Morgan fingerprint density at radius 1 is 1.12 bits per heavy atom. The maximum atomic E-state index is 13.6. The van der Waals surface area contributed by atoms with Gasteiger partial charge in [-0.15, -0.1) is 5.92 Å². The van der Waals surface area contributed by atoms with Gasteiger partial charge in [0.15, 0.2) is 0 Å². The van der Waals surface area contributed by atoms with E-state index in [1.807, 2.05) is 0 Å². The van der Waals surface area contributed by atoms with Gasteiger partial charge in [-0.05, 0) is 103 Å². The standard InChI is InChI=1S/C35H44N2O3/c1-23-20-29-31-15-16-32(33(39)8-4-3-7-19-38)35(31,2)22-30(34(29)27-14-11-25(36-40)21-28(23)27)24-9-12-26(13-10-24)37-17-5-6-18-37/h9-10,12-13,21,23,25,29-32,38H,4-6,8,11,14-20,22H2,1-2H3/t23?,25?,29-,30+,31-,32+,35-/m0/s1. The molecule has 4 aliphatic carbocycles. The lowest BCUT2D eigenvalue weighted by molar-refractivity contribution is -0.127. The van der Waals surface area contributed by atoms with E-state index in [0.29, 0.717) is 42.3 Å². The highest BCUT2D eigenvalue weighted by atomic mass is 16.3. The van der Waals surface area contributed by atoms with E-state index >= 15 is 0 Å². The minimum atomic E-state index is -0.201. The molecule has 1 aromatic rings. The Bertz CT molecular complexity index is 1260. The Morgan fingerprint density at radius 3 is 2.62 bits per heavy atom. The SMILES string of the molecule is CC1C[C@@H]2C(=C3CCC(N=O)C=C31)[C@@H](c1ccc(N3CCCC3)cc1)C[C@]1(C)[C@@H](C(=O)CCC#CCO)CC[C@@H]21. The molecule has 5 nitrogen and oxygen atoms in total. The first-order valence-corrected chi connectivity index (χ1v) is 15.7. The van der Waals surface area contributed by atoms with Gasteiger partial charge in [0, 0.05) is 43.5 Å². The molecule has 7 atom stereocenters. The number of allylic oxidation sites excluding steroid dienone is 3. The van der Waals surface area contributed by atoms with Gasteiger partial charge in [-0.2, -0.15) is 4.91 Å². The fourth-order valence-corrected chi connectivity index (χ4v) is 9.38. The lowest BCUT2D eigenvalue weighted by Gasteiger charge is -2.53. The number of carbonyl (C=O) groups is 1. The molecule has 2 unspecified atom stereocenters. The fourth-order valence-electron chi connectivity index (χ4n) is 9.38. The molecule has 212 valence electrons. The van der Waals surface area contributed by atoms with Gasteiger partial charge in [0.05, 0.1) is 0 Å². The number of aliphatic hydroxyl groups is 1. The molecule has 0 aromatic heterocycles. The summed E-state index contributed by atoms with van der Waals surface area (Å²) in [5.74, 6) is 7.81. The number of ketones is 1. The van der Waals surface area contributed by atoms with E-state index in [9.17, 15) is 9.70 Å². The van der Waals surface area contributed by atoms with Crippen LogP contribution in [-0.2, 0) is 4.79 Å². The summed E-state index contributed by atoms with van der Waals surface area (Å²) in [6.45, 7) is 6.89. The molecule has 0 spiro atoms. The van der Waals surface area contributed by atoms with Crippen LogP contribution in [-0.4, -0.2) is 36.6 Å². The van der Waals surface area contributed by atoms with Crippen LogP contribution in [0.25, 0.3) is 0 Å². The van der Waals surface area contributed by atoms with Crippen LogP contribution in [0.5, 0.6) is 0 Å². The van der Waals surface area contributed by atoms with Crippen LogP contribution in [0.1, 0.15) is 89.5 Å². The molecule has 0 radical (unpaired) electrons. The van der Waals surface area contributed by atoms with E-state index in [4.69, 9.17) is 5.11 Å². The van der Waals surface area contributed by atoms with Crippen LogP contribution in [0.3, 0.4) is 0 Å². The normalized spacial score (nSPS) is 34.8. The largest absolute Gasteiger partial charge is 0.384 e. The van der Waals surface area contributed by atoms with Crippen molar-refractivity contribution in [2.45, 2.75) is 90.0 Å². The number of fused-ring (bicyclic) bond motifs is 4. The van der Waals surface area contributed by atoms with E-state index < -0.39 is 0 Å². The fraction of sp³-hybridized carbons (Fsp3) is 0.629. The van der Waals surface area contributed by atoms with E-state index in [2.05, 4.69) is 66.1 Å². The van der Waals surface area contributed by atoms with Crippen molar-refractivity contribution in [3.63, 3.8) is 0 Å². The van der Waals surface area contributed by atoms with Crippen molar-refractivity contribution in [3.8, 4) is 11.8 Å². The van der Waals surface area contributed by atoms with Crippen LogP contribution in [0.2, 0.25) is 0 Å². The summed E-state index contributed by atoms with van der Waals surface area (Å²) in [5.41, 5.74) is 7.17. The van der Waals surface area contributed by atoms with E-state index in [0.717, 1.165) is 51.6 Å². The first-order chi connectivity index (χ1) is 19.4. The smallest absolute Gasteiger partial charge is 0.137 e. The van der Waals surface area contributed by atoms with Crippen LogP contribution < -0.4 is 4.90 Å². The molecule has 0 amide bonds. The van der Waals surface area contributed by atoms with Gasteiger partial charge < -0.3 is 10.0 Å². The summed E-state index contributed by atoms with van der Waals surface area (Å²) in [6.07, 6.45) is 11.7. The zero-order valence-corrected chi connectivity index (χ0v) is 24.2. The quantitative estimate of drug-likeness (QED) is 0.313. The molecule has 1 N–H and O–H groups in total. The second kappa shape index (κ2) is 11.3. The van der Waals surface area contributed by atoms with Crippen molar-refractivity contribution < 1.29 is 9.90 Å². The summed E-state index contributed by atoms with van der Waals surface area (Å²) in [4.78, 5) is 27.6. The molecule has 40 heavy (non-hydrogen) atoms. The van der Waals surface area contributed by atoms with Gasteiger partial charge in [-0.3, -0.25) is 4.79 Å². The highest BCUT2D eigenvalue weighted by molar-refractivity contribution is 5.82. The molecule has 5 heteroatoms. The Balaban J connectivity index is 1.39. The second-order valence-electron chi connectivity index (χ2n) is 13.3. The van der Waals surface area contributed by atoms with E-state index in [1.165, 1.54) is 35.2 Å². The summed E-state index contributed by atoms with van der Waals surface area (Å²) in [7, 11) is 0. The van der Waals surface area contributed by atoms with Gasteiger partial charge >= 0.3 is 0 Å². The number of nitroso groups, excluding NO2 is 1. The van der Waals surface area contributed by atoms with Crippen molar-refractivity contribution in [1.82, 2.24) is 0 Å². The first kappa shape index (κ1) is 27.5. The topological polar surface area (TPSA) is 70.0 Å². The van der Waals surface area contributed by atoms with Crippen molar-refractivity contribution >= 4 is 11.5 Å². The molecular weight excluding hydrogens is 496 g/mol. The minimum absolute atomic E-state index is 0.0308. The number of benzene rings is 1. The molecule has 1 aromatic carbocycles. The molecule has 5 aliphatic rings. The third kappa shape index (κ3) is 4.77. The molecule has 0 bridgehead atoms. The van der Waals surface area contributed by atoms with Gasteiger partial charge in [-0.25, -0.2) is 0 Å². The number of nitrogens with zero attached hydrogens (tertiary/aromatic N) is 2. The average Bonchev–Trinajstić information content (AvgIpc) is 3.63. The molecule has 1 aliphatic heterocycles. The molecule has 1 saturated heterocycles. The number of anilines is 1. The summed E-state index contributed by atoms with van der Waals surface area (Å²) in [6, 6.07) is 9.17. The third-order valence-corrected chi connectivity index (χ3v) is 11.2. The Labute approximate surface area is 239 Å². The Kier molecular flexibility index (Phi) is 7.75. The number of hydrogen-bond acceptors (Lipinski definition) is 5. The van der Waals surface area contributed by atoms with Gasteiger partial charge in [0.25, 0.3) is 0 Å². The second-order valence-corrected chi connectivity index (χ2v) is 13.3. The van der Waals surface area contributed by atoms with Gasteiger partial charge in [-0.1, -0.05) is 48.7 Å². The van der Waals surface area contributed by atoms with Crippen molar-refractivity contribution in [2.24, 2.45) is 34.3 Å². The summed E-state index contributed by atoms with van der Waals surface area (Å²) >= 11 is 0. The zero-order valence-electron chi connectivity index (χ0n) is 24.2. The molecule has 1 heterocycles.